The van der Waals surface area contributed by atoms with Gasteiger partial charge < -0.3 is 27.4 Å². The van der Waals surface area contributed by atoms with Crippen LogP contribution in [0.5, 0.6) is 0 Å². The highest BCUT2D eigenvalue weighted by Gasteiger charge is 2.32. The summed E-state index contributed by atoms with van der Waals surface area (Å²) >= 11 is 0. The van der Waals surface area contributed by atoms with E-state index in [1.807, 2.05) is 0 Å². The lowest BCUT2D eigenvalue weighted by atomic mass is 9.86. The van der Waals surface area contributed by atoms with Gasteiger partial charge in [0, 0.05) is 87.1 Å². The average molecular weight is 1090 g/mol. The number of rotatable bonds is 6. The molecule has 0 aliphatic rings. The van der Waals surface area contributed by atoms with E-state index in [4.69, 9.17) is 8.83 Å². The molecule has 0 spiro atoms. The van der Waals surface area contributed by atoms with Crippen LogP contribution in [0.4, 0.5) is 34.1 Å². The molecule has 6 aromatic heterocycles. The van der Waals surface area contributed by atoms with Crippen LogP contribution in [0.3, 0.4) is 0 Å². The van der Waals surface area contributed by atoms with Crippen LogP contribution in [0.1, 0.15) is 74.9 Å². The first-order valence-electron chi connectivity index (χ1n) is 29.6. The normalized spacial score (nSPS) is 12.9. The van der Waals surface area contributed by atoms with Gasteiger partial charge in [-0.15, -0.1) is 0 Å². The third-order valence-corrected chi connectivity index (χ3v) is 18.6. The Morgan fingerprint density at radius 2 is 0.679 bits per heavy atom. The quantitative estimate of drug-likeness (QED) is 0.166. The molecular weight excluding hydrogens is 1020 g/mol. The van der Waals surface area contributed by atoms with Gasteiger partial charge in [0.05, 0.1) is 55.8 Å². The summed E-state index contributed by atoms with van der Waals surface area (Å²) in [6.45, 7) is 22.5. The number of anilines is 6. The van der Waals surface area contributed by atoms with E-state index >= 15 is 0 Å². The van der Waals surface area contributed by atoms with Crippen LogP contribution in [0.25, 0.3) is 120 Å². The molecule has 0 aliphatic heterocycles. The van der Waals surface area contributed by atoms with Gasteiger partial charge in [0.25, 0.3) is 0 Å². The van der Waals surface area contributed by atoms with E-state index in [9.17, 15) is 0 Å². The lowest BCUT2D eigenvalue weighted by Crippen LogP contribution is -2.12. The molecule has 17 aromatic rings. The van der Waals surface area contributed by atoms with Crippen LogP contribution < -0.4 is 9.80 Å². The molecule has 0 saturated heterocycles. The Labute approximate surface area is 486 Å². The lowest BCUT2D eigenvalue weighted by Gasteiger charge is -2.28. The highest BCUT2D eigenvalue weighted by molar-refractivity contribution is 6.33. The molecule has 84 heavy (non-hydrogen) atoms. The van der Waals surface area contributed by atoms with E-state index in [1.54, 1.807) is 0 Å². The Morgan fingerprint density at radius 1 is 0.298 bits per heavy atom. The van der Waals surface area contributed by atoms with E-state index in [0.29, 0.717) is 0 Å². The summed E-state index contributed by atoms with van der Waals surface area (Å²) in [4.78, 5) is 4.97. The van der Waals surface area contributed by atoms with Crippen LogP contribution in [0, 0.1) is 27.7 Å². The minimum absolute atomic E-state index is 0.105. The molecule has 0 amide bonds. The molecule has 11 aromatic carbocycles. The van der Waals surface area contributed by atoms with Gasteiger partial charge in [-0.05, 0) is 121 Å². The molecule has 0 saturated carbocycles. The first kappa shape index (κ1) is 48.9. The second-order valence-corrected chi connectivity index (χ2v) is 25.9. The molecule has 0 N–H and O–H groups in total. The molecule has 6 nitrogen and oxygen atoms in total. The Balaban J connectivity index is 0.941. The van der Waals surface area contributed by atoms with Crippen molar-refractivity contribution >= 4 is 154 Å². The molecule has 17 rings (SSSR count). The summed E-state index contributed by atoms with van der Waals surface area (Å²) in [5.74, 6) is 0. The van der Waals surface area contributed by atoms with E-state index in [2.05, 4.69) is 282 Å². The smallest absolute Gasteiger partial charge is 0.159 e. The number of nitrogens with zero attached hydrogens (tertiary/aromatic N) is 4. The molecule has 6 heterocycles. The summed E-state index contributed by atoms with van der Waals surface area (Å²) in [7, 11) is 0. The number of hydrogen-bond donors (Lipinski definition) is 0. The summed E-state index contributed by atoms with van der Waals surface area (Å²) in [6.07, 6.45) is 0. The van der Waals surface area contributed by atoms with Gasteiger partial charge in [0.1, 0.15) is 11.2 Å². The topological polar surface area (TPSA) is 41.6 Å². The van der Waals surface area contributed by atoms with Crippen molar-refractivity contribution in [3.8, 4) is 0 Å². The number of fused-ring (bicyclic) bond motifs is 18. The minimum Gasteiger partial charge on any atom is -0.454 e. The Hall–Kier alpha value is -9.78. The van der Waals surface area contributed by atoms with Gasteiger partial charge in [-0.2, -0.15) is 0 Å². The molecule has 0 fully saturated rings. The van der Waals surface area contributed by atoms with Crippen LogP contribution in [-0.4, -0.2) is 8.80 Å². The maximum absolute atomic E-state index is 7.21. The number of para-hydroxylation sites is 6. The fourth-order valence-electron chi connectivity index (χ4n) is 14.7. The number of benzene rings is 11. The minimum atomic E-state index is -0.105. The summed E-state index contributed by atoms with van der Waals surface area (Å²) in [5, 5.41) is 14.2. The second kappa shape index (κ2) is 16.9. The zero-order chi connectivity index (χ0) is 57.0. The standard InChI is InChI=1S/C78H62N4O2/c1-43-31-33-45(3)65(39-43)79(63-29-17-23-51-49-21-15-25-57(77(5,6)7)73(49)83-75(51)63)61-37-35-47-55-41-68-56(42-67(55)81-59-27-13-11-19-53(59)69(61)71(47)81)48-36-38-62(70-54-20-12-14-28-60(54)82(68)72(48)70)80(66-40-44(2)32-34-46(66)4)64-30-18-24-52-50-22-16-26-58(78(8,9)10)74(50)84-76(52)64/h11-42H,1-10H3. The van der Waals surface area contributed by atoms with Gasteiger partial charge >= 0.3 is 0 Å². The van der Waals surface area contributed by atoms with Crippen molar-refractivity contribution in [2.24, 2.45) is 0 Å². The fraction of sp³-hybridized carbons (Fsp3) is 0.154. The third kappa shape index (κ3) is 6.56. The first-order valence-corrected chi connectivity index (χ1v) is 29.6. The Bertz CT molecular complexity index is 5300. The van der Waals surface area contributed by atoms with Crippen molar-refractivity contribution in [1.29, 1.82) is 0 Å². The predicted molar refractivity (Wildman–Crippen MR) is 356 cm³/mol. The van der Waals surface area contributed by atoms with Crippen molar-refractivity contribution in [2.75, 3.05) is 9.80 Å². The summed E-state index contributed by atoms with van der Waals surface area (Å²) < 4.78 is 19.5. The molecule has 6 heteroatoms. The Morgan fingerprint density at radius 3 is 1.10 bits per heavy atom. The SMILES string of the molecule is Cc1ccc(C)c(N(c2cccc3c2oc2c(C(C)(C)C)cccc23)c2ccc3c4cc5c(cc4n4c6ccccc6c2c34)c2ccc(N(c3cc(C)ccc3C)c3cccc4c3oc3c(C(C)(C)C)cccc34)c3c4ccccc4n5c23)c1. The zero-order valence-electron chi connectivity index (χ0n) is 49.1. The van der Waals surface area contributed by atoms with Gasteiger partial charge in [-0.3, -0.25) is 0 Å². The van der Waals surface area contributed by atoms with E-state index in [1.165, 1.54) is 110 Å². The molecule has 0 aliphatic carbocycles. The number of aromatic nitrogens is 2. The number of hydrogen-bond acceptors (Lipinski definition) is 4. The highest BCUT2D eigenvalue weighted by Crippen LogP contribution is 2.54. The molecule has 0 radical (unpaired) electrons. The molecule has 406 valence electrons. The number of aryl methyl sites for hydroxylation is 4. The van der Waals surface area contributed by atoms with Gasteiger partial charge in [0.15, 0.2) is 11.2 Å². The Kier molecular flexibility index (Phi) is 9.85. The van der Waals surface area contributed by atoms with Crippen molar-refractivity contribution < 1.29 is 8.83 Å². The summed E-state index contributed by atoms with van der Waals surface area (Å²) in [6, 6.07) is 72.7. The van der Waals surface area contributed by atoms with Crippen LogP contribution in [-0.2, 0) is 10.8 Å². The van der Waals surface area contributed by atoms with Gasteiger partial charge in [-0.25, -0.2) is 0 Å². The monoisotopic (exact) mass is 1090 g/mol. The zero-order valence-corrected chi connectivity index (χ0v) is 49.1. The fourth-order valence-corrected chi connectivity index (χ4v) is 14.7. The lowest BCUT2D eigenvalue weighted by molar-refractivity contribution is 0.572. The van der Waals surface area contributed by atoms with Crippen LogP contribution in [0.15, 0.2) is 203 Å². The molecule has 0 atom stereocenters. The highest BCUT2D eigenvalue weighted by atomic mass is 16.3. The maximum Gasteiger partial charge on any atom is 0.159 e. The average Bonchev–Trinajstić information content (AvgIpc) is 3.00. The molecule has 0 unspecified atom stereocenters. The van der Waals surface area contributed by atoms with Gasteiger partial charge in [-0.1, -0.05) is 175 Å². The molecular formula is C78H62N4O2. The van der Waals surface area contributed by atoms with Crippen molar-refractivity contribution in [3.05, 3.63) is 228 Å². The van der Waals surface area contributed by atoms with Crippen LogP contribution in [0.2, 0.25) is 0 Å². The maximum atomic E-state index is 7.21. The predicted octanol–water partition coefficient (Wildman–Crippen LogP) is 22.6. The van der Waals surface area contributed by atoms with E-state index < -0.39 is 0 Å². The largest absolute Gasteiger partial charge is 0.454 e. The van der Waals surface area contributed by atoms with E-state index in [0.717, 1.165) is 78.0 Å². The molecule has 0 bridgehead atoms. The number of furan rings is 2. The summed E-state index contributed by atoms with van der Waals surface area (Å²) in [5.41, 5.74) is 24.3. The third-order valence-electron chi connectivity index (χ3n) is 18.6. The van der Waals surface area contributed by atoms with Crippen molar-refractivity contribution in [3.63, 3.8) is 0 Å². The second-order valence-electron chi connectivity index (χ2n) is 25.9. The van der Waals surface area contributed by atoms with Crippen LogP contribution >= 0.6 is 0 Å². The van der Waals surface area contributed by atoms with E-state index in [-0.39, 0.29) is 10.8 Å². The van der Waals surface area contributed by atoms with Gasteiger partial charge in [0.2, 0.25) is 0 Å². The first-order chi connectivity index (χ1) is 40.6. The van der Waals surface area contributed by atoms with Crippen molar-refractivity contribution in [2.45, 2.75) is 80.1 Å². The van der Waals surface area contributed by atoms with Crippen molar-refractivity contribution in [1.82, 2.24) is 8.80 Å².